The molecule has 3 rings (SSSR count). The molecule has 0 N–H and O–H groups in total. The second-order valence-electron chi connectivity index (χ2n) is 4.07. The molecule has 0 saturated heterocycles. The quantitative estimate of drug-likeness (QED) is 0.695. The van der Waals surface area contributed by atoms with Crippen molar-refractivity contribution in [3.05, 3.63) is 57.8 Å². The number of aldehydes is 1. The maximum atomic E-state index is 11.1. The van der Waals surface area contributed by atoms with Gasteiger partial charge >= 0.3 is 0 Å². The highest BCUT2D eigenvalue weighted by atomic mass is 35.5. The molecule has 1 aromatic carbocycles. The molecule has 3 aromatic rings. The van der Waals surface area contributed by atoms with Crippen molar-refractivity contribution in [2.75, 3.05) is 0 Å². The van der Waals surface area contributed by atoms with Crippen LogP contribution in [0.25, 0.3) is 5.13 Å². The molecule has 7 heteroatoms. The fraction of sp³-hybridized carbons (Fsp3) is 0.0769. The maximum Gasteiger partial charge on any atom is 0.211 e. The zero-order valence-electron chi connectivity index (χ0n) is 10.2. The van der Waals surface area contributed by atoms with E-state index in [4.69, 9.17) is 11.6 Å². The van der Waals surface area contributed by atoms with Crippen molar-refractivity contribution < 1.29 is 4.79 Å². The van der Waals surface area contributed by atoms with E-state index < -0.39 is 0 Å². The maximum absolute atomic E-state index is 11.1. The molecule has 0 aliphatic rings. The second-order valence-corrected chi connectivity index (χ2v) is 5.38. The molecule has 0 fully saturated rings. The molecule has 0 aliphatic heterocycles. The lowest BCUT2D eigenvalue weighted by Crippen LogP contribution is -2.04. The van der Waals surface area contributed by atoms with Gasteiger partial charge in [-0.05, 0) is 17.7 Å². The summed E-state index contributed by atoms with van der Waals surface area (Å²) in [7, 11) is 0. The van der Waals surface area contributed by atoms with Gasteiger partial charge in [-0.3, -0.25) is 4.79 Å². The third-order valence-corrected chi connectivity index (χ3v) is 3.79. The zero-order chi connectivity index (χ0) is 13.9. The Labute approximate surface area is 123 Å². The number of hydrogen-bond donors (Lipinski definition) is 0. The Kier molecular flexibility index (Phi) is 3.58. The summed E-state index contributed by atoms with van der Waals surface area (Å²) in [6.45, 7) is 0. The number of aromatic nitrogens is 4. The highest BCUT2D eigenvalue weighted by Gasteiger charge is 2.15. The van der Waals surface area contributed by atoms with E-state index in [9.17, 15) is 4.79 Å². The first kappa shape index (κ1) is 13.0. The second kappa shape index (κ2) is 5.52. The summed E-state index contributed by atoms with van der Waals surface area (Å²) < 4.78 is 1.60. The average Bonchev–Trinajstić information content (AvgIpc) is 3.10. The van der Waals surface area contributed by atoms with E-state index in [2.05, 4.69) is 15.3 Å². The number of benzene rings is 1. The van der Waals surface area contributed by atoms with Crippen LogP contribution in [0.5, 0.6) is 0 Å². The Bertz CT molecular complexity index is 721. The normalized spacial score (nSPS) is 10.7. The molecule has 0 atom stereocenters. The van der Waals surface area contributed by atoms with Gasteiger partial charge in [-0.15, -0.1) is 16.4 Å². The molecule has 100 valence electrons. The van der Waals surface area contributed by atoms with E-state index in [1.165, 1.54) is 11.3 Å². The largest absolute Gasteiger partial charge is 0.296 e. The summed E-state index contributed by atoms with van der Waals surface area (Å²) in [4.78, 5) is 15.3. The van der Waals surface area contributed by atoms with Crippen molar-refractivity contribution in [1.82, 2.24) is 20.0 Å². The van der Waals surface area contributed by atoms with Crippen LogP contribution in [0.2, 0.25) is 5.02 Å². The van der Waals surface area contributed by atoms with Crippen molar-refractivity contribution in [3.8, 4) is 5.13 Å². The highest BCUT2D eigenvalue weighted by Crippen LogP contribution is 2.19. The zero-order valence-corrected chi connectivity index (χ0v) is 11.8. The molecule has 0 bridgehead atoms. The van der Waals surface area contributed by atoms with Gasteiger partial charge in [0.2, 0.25) is 5.13 Å². The minimum Gasteiger partial charge on any atom is -0.296 e. The van der Waals surface area contributed by atoms with Gasteiger partial charge in [-0.1, -0.05) is 28.9 Å². The average molecular weight is 305 g/mol. The summed E-state index contributed by atoms with van der Waals surface area (Å²) in [5.74, 6) is 0. The Morgan fingerprint density at radius 1 is 1.30 bits per heavy atom. The SMILES string of the molecule is O=Cc1nnn(-c2nccs2)c1Cc1ccc(Cl)cc1. The lowest BCUT2D eigenvalue weighted by molar-refractivity contribution is 0.111. The topological polar surface area (TPSA) is 60.7 Å². The van der Waals surface area contributed by atoms with Gasteiger partial charge in [0.1, 0.15) is 5.69 Å². The summed E-state index contributed by atoms with van der Waals surface area (Å²) in [5, 5.41) is 11.1. The van der Waals surface area contributed by atoms with Crippen LogP contribution < -0.4 is 0 Å². The first-order valence-electron chi connectivity index (χ1n) is 5.82. The van der Waals surface area contributed by atoms with Gasteiger partial charge in [0.15, 0.2) is 6.29 Å². The van der Waals surface area contributed by atoms with Gasteiger partial charge in [-0.25, -0.2) is 4.98 Å². The van der Waals surface area contributed by atoms with Crippen molar-refractivity contribution in [2.45, 2.75) is 6.42 Å². The minimum absolute atomic E-state index is 0.329. The number of thiazole rings is 1. The number of carbonyl (C=O) groups is 1. The van der Waals surface area contributed by atoms with E-state index in [1.807, 2.05) is 29.6 Å². The molecular formula is C13H9ClN4OS. The molecular weight excluding hydrogens is 296 g/mol. The van der Waals surface area contributed by atoms with Crippen LogP contribution in [0.1, 0.15) is 21.7 Å². The van der Waals surface area contributed by atoms with Crippen LogP contribution in [0, 0.1) is 0 Å². The summed E-state index contributed by atoms with van der Waals surface area (Å²) >= 11 is 7.31. The van der Waals surface area contributed by atoms with E-state index in [1.54, 1.807) is 10.9 Å². The van der Waals surface area contributed by atoms with Crippen LogP contribution in [-0.4, -0.2) is 26.3 Å². The molecule has 2 heterocycles. The number of nitrogens with zero attached hydrogens (tertiary/aromatic N) is 4. The molecule has 5 nitrogen and oxygen atoms in total. The third kappa shape index (κ3) is 2.48. The van der Waals surface area contributed by atoms with E-state index >= 15 is 0 Å². The molecule has 0 spiro atoms. The van der Waals surface area contributed by atoms with Crippen LogP contribution in [0.15, 0.2) is 35.8 Å². The minimum atomic E-state index is 0.329. The Hall–Kier alpha value is -2.05. The van der Waals surface area contributed by atoms with Crippen molar-refractivity contribution in [3.63, 3.8) is 0 Å². The van der Waals surface area contributed by atoms with E-state index in [0.717, 1.165) is 11.3 Å². The molecule has 0 amide bonds. The molecule has 0 aliphatic carbocycles. The Morgan fingerprint density at radius 3 is 2.75 bits per heavy atom. The van der Waals surface area contributed by atoms with Crippen LogP contribution in [0.3, 0.4) is 0 Å². The number of rotatable bonds is 4. The molecule has 0 radical (unpaired) electrons. The van der Waals surface area contributed by atoms with Crippen molar-refractivity contribution >= 4 is 29.2 Å². The number of halogens is 1. The first-order chi connectivity index (χ1) is 9.78. The molecule has 0 saturated carbocycles. The predicted octanol–water partition coefficient (Wildman–Crippen LogP) is 2.78. The predicted molar refractivity (Wildman–Crippen MR) is 76.7 cm³/mol. The lowest BCUT2D eigenvalue weighted by atomic mass is 10.1. The van der Waals surface area contributed by atoms with E-state index in [-0.39, 0.29) is 0 Å². The van der Waals surface area contributed by atoms with Crippen molar-refractivity contribution in [1.29, 1.82) is 0 Å². The van der Waals surface area contributed by atoms with Crippen molar-refractivity contribution in [2.24, 2.45) is 0 Å². The fourth-order valence-corrected chi connectivity index (χ4v) is 2.58. The van der Waals surface area contributed by atoms with Gasteiger partial charge in [-0.2, -0.15) is 4.68 Å². The van der Waals surface area contributed by atoms with Crippen LogP contribution in [0.4, 0.5) is 0 Å². The molecule has 2 aromatic heterocycles. The van der Waals surface area contributed by atoms with Gasteiger partial charge in [0, 0.05) is 23.0 Å². The number of hydrogen-bond acceptors (Lipinski definition) is 5. The van der Waals surface area contributed by atoms with Gasteiger partial charge in [0.05, 0.1) is 5.69 Å². The summed E-state index contributed by atoms with van der Waals surface area (Å²) in [5.41, 5.74) is 2.07. The summed E-state index contributed by atoms with van der Waals surface area (Å²) in [6.07, 6.45) is 2.94. The fourth-order valence-electron chi connectivity index (χ4n) is 1.84. The lowest BCUT2D eigenvalue weighted by Gasteiger charge is -2.04. The molecule has 20 heavy (non-hydrogen) atoms. The summed E-state index contributed by atoms with van der Waals surface area (Å²) in [6, 6.07) is 7.45. The smallest absolute Gasteiger partial charge is 0.211 e. The monoisotopic (exact) mass is 304 g/mol. The third-order valence-electron chi connectivity index (χ3n) is 2.79. The Balaban J connectivity index is 2.01. The standard InChI is InChI=1S/C13H9ClN4OS/c14-10-3-1-9(2-4-10)7-12-11(8-19)16-17-18(12)13-15-5-6-20-13/h1-6,8H,7H2. The number of carbonyl (C=O) groups excluding carboxylic acids is 1. The Morgan fingerprint density at radius 2 is 2.10 bits per heavy atom. The van der Waals surface area contributed by atoms with E-state index in [0.29, 0.717) is 28.6 Å². The van der Waals surface area contributed by atoms with Crippen LogP contribution >= 0.6 is 22.9 Å². The van der Waals surface area contributed by atoms with Gasteiger partial charge < -0.3 is 0 Å². The highest BCUT2D eigenvalue weighted by molar-refractivity contribution is 7.12. The van der Waals surface area contributed by atoms with Gasteiger partial charge in [0.25, 0.3) is 0 Å². The molecule has 0 unspecified atom stereocenters. The van der Waals surface area contributed by atoms with Crippen LogP contribution in [-0.2, 0) is 6.42 Å². The first-order valence-corrected chi connectivity index (χ1v) is 7.08.